The molecule has 218 valence electrons. The second-order valence-corrected chi connectivity index (χ2v) is 13.2. The van der Waals surface area contributed by atoms with E-state index in [-0.39, 0.29) is 24.9 Å². The number of hydrogen-bond acceptors (Lipinski definition) is 4. The number of carbonyl (C=O) groups excluding carboxylic acids is 2. The van der Waals surface area contributed by atoms with Crippen molar-refractivity contribution in [3.05, 3.63) is 99.5 Å². The Bertz CT molecular complexity index is 1440. The van der Waals surface area contributed by atoms with Gasteiger partial charge in [-0.3, -0.25) is 13.9 Å². The van der Waals surface area contributed by atoms with Gasteiger partial charge >= 0.3 is 0 Å². The number of anilines is 1. The molecule has 3 aromatic carbocycles. The summed E-state index contributed by atoms with van der Waals surface area (Å²) in [5, 5.41) is 3.84. The fourth-order valence-corrected chi connectivity index (χ4v) is 6.47. The molecule has 41 heavy (non-hydrogen) atoms. The number of aryl methyl sites for hydroxylation is 1. The Hall–Kier alpha value is -3.07. The molecule has 0 spiro atoms. The van der Waals surface area contributed by atoms with E-state index in [4.69, 9.17) is 23.2 Å². The minimum Gasteiger partial charge on any atom is -0.352 e. The third-order valence-electron chi connectivity index (χ3n) is 7.36. The molecule has 0 aromatic heterocycles. The van der Waals surface area contributed by atoms with Crippen LogP contribution >= 0.6 is 23.2 Å². The summed E-state index contributed by atoms with van der Waals surface area (Å²) in [6.45, 7) is 1.33. The number of benzene rings is 3. The van der Waals surface area contributed by atoms with E-state index in [0.29, 0.717) is 21.3 Å². The van der Waals surface area contributed by atoms with Crippen molar-refractivity contribution in [2.24, 2.45) is 0 Å². The highest BCUT2D eigenvalue weighted by Gasteiger charge is 2.35. The van der Waals surface area contributed by atoms with Gasteiger partial charge in [0.15, 0.2) is 0 Å². The number of nitrogens with zero attached hydrogens (tertiary/aromatic N) is 2. The van der Waals surface area contributed by atoms with Crippen molar-refractivity contribution in [1.82, 2.24) is 10.2 Å². The van der Waals surface area contributed by atoms with E-state index in [0.717, 1.165) is 47.4 Å². The number of amides is 2. The lowest BCUT2D eigenvalue weighted by atomic mass is 10.0. The first-order valence-corrected chi connectivity index (χ1v) is 16.2. The fourth-order valence-electron chi connectivity index (χ4n) is 5.10. The van der Waals surface area contributed by atoms with Crippen LogP contribution in [-0.4, -0.2) is 50.0 Å². The number of halogens is 2. The first-order chi connectivity index (χ1) is 19.5. The Labute approximate surface area is 252 Å². The Balaban J connectivity index is 1.75. The first-order valence-electron chi connectivity index (χ1n) is 13.6. The summed E-state index contributed by atoms with van der Waals surface area (Å²) in [7, 11) is -3.84. The van der Waals surface area contributed by atoms with Crippen molar-refractivity contribution < 1.29 is 18.0 Å². The molecule has 1 atom stereocenters. The topological polar surface area (TPSA) is 86.8 Å². The van der Waals surface area contributed by atoms with Gasteiger partial charge in [-0.05, 0) is 49.6 Å². The molecular weight excluding hydrogens is 581 g/mol. The van der Waals surface area contributed by atoms with E-state index in [9.17, 15) is 18.0 Å². The van der Waals surface area contributed by atoms with Gasteiger partial charge in [0, 0.05) is 34.6 Å². The maximum atomic E-state index is 14.2. The molecule has 4 rings (SSSR count). The third kappa shape index (κ3) is 8.24. The normalized spacial score (nSPS) is 14.4. The van der Waals surface area contributed by atoms with Gasteiger partial charge in [-0.2, -0.15) is 0 Å². The van der Waals surface area contributed by atoms with Crippen LogP contribution in [0.2, 0.25) is 10.0 Å². The summed E-state index contributed by atoms with van der Waals surface area (Å²) in [5.74, 6) is -0.840. The average molecular weight is 617 g/mol. The van der Waals surface area contributed by atoms with Crippen molar-refractivity contribution in [2.45, 2.75) is 57.7 Å². The van der Waals surface area contributed by atoms with Gasteiger partial charge in [-0.15, -0.1) is 0 Å². The van der Waals surface area contributed by atoms with Gasteiger partial charge in [0.05, 0.1) is 11.9 Å². The lowest BCUT2D eigenvalue weighted by Crippen LogP contribution is -2.54. The lowest BCUT2D eigenvalue weighted by Gasteiger charge is -2.34. The minimum absolute atomic E-state index is 0.0294. The highest BCUT2D eigenvalue weighted by molar-refractivity contribution is 7.92. The Morgan fingerprint density at radius 3 is 2.12 bits per heavy atom. The molecule has 3 aromatic rings. The molecule has 7 nitrogen and oxygen atoms in total. The molecule has 10 heteroatoms. The molecule has 1 N–H and O–H groups in total. The average Bonchev–Trinajstić information content (AvgIpc) is 3.44. The first kappa shape index (κ1) is 30.9. The molecule has 0 heterocycles. The smallest absolute Gasteiger partial charge is 0.244 e. The standard InChI is InChI=1S/C31H35Cl2N3O4S/c1-22-15-17-25(18-16-22)36(41(2,39)40)21-30(37)35(20-26-27(32)13-8-14-28(26)33)29(19-23-9-4-3-5-10-23)31(38)34-24-11-6-7-12-24/h3-5,8-10,13-18,24,29H,6-7,11-12,19-21H2,1-2H3,(H,34,38)/t29-/m1/s1. The summed E-state index contributed by atoms with van der Waals surface area (Å²) in [6.07, 6.45) is 5.12. The van der Waals surface area contributed by atoms with Crippen LogP contribution in [0.25, 0.3) is 0 Å². The van der Waals surface area contributed by atoms with E-state index >= 15 is 0 Å². The molecule has 1 aliphatic carbocycles. The maximum Gasteiger partial charge on any atom is 0.244 e. The van der Waals surface area contributed by atoms with Gasteiger partial charge in [-0.1, -0.05) is 90.1 Å². The van der Waals surface area contributed by atoms with E-state index in [2.05, 4.69) is 5.32 Å². The molecule has 2 amide bonds. The molecule has 0 aliphatic heterocycles. The number of rotatable bonds is 11. The van der Waals surface area contributed by atoms with Crippen LogP contribution in [0.5, 0.6) is 0 Å². The summed E-state index contributed by atoms with van der Waals surface area (Å²) >= 11 is 13.0. The number of carbonyl (C=O) groups is 2. The van der Waals surface area contributed by atoms with Gasteiger partial charge in [-0.25, -0.2) is 8.42 Å². The van der Waals surface area contributed by atoms with Crippen LogP contribution in [0.4, 0.5) is 5.69 Å². The van der Waals surface area contributed by atoms with Gasteiger partial charge in [0.25, 0.3) is 0 Å². The van der Waals surface area contributed by atoms with Crippen LogP contribution in [0.1, 0.15) is 42.4 Å². The second kappa shape index (κ2) is 13.7. The zero-order valence-electron chi connectivity index (χ0n) is 23.2. The monoisotopic (exact) mass is 615 g/mol. The van der Waals surface area contributed by atoms with Crippen LogP contribution < -0.4 is 9.62 Å². The predicted molar refractivity (Wildman–Crippen MR) is 165 cm³/mol. The van der Waals surface area contributed by atoms with Crippen molar-refractivity contribution in [1.29, 1.82) is 0 Å². The number of hydrogen-bond donors (Lipinski definition) is 1. The molecule has 1 saturated carbocycles. The van der Waals surface area contributed by atoms with Crippen LogP contribution in [0.15, 0.2) is 72.8 Å². The summed E-state index contributed by atoms with van der Waals surface area (Å²) in [4.78, 5) is 29.5. The Morgan fingerprint density at radius 1 is 0.927 bits per heavy atom. The quantitative estimate of drug-likeness (QED) is 0.297. The molecule has 1 aliphatic rings. The van der Waals surface area contributed by atoms with Crippen LogP contribution in [-0.2, 0) is 32.6 Å². The largest absolute Gasteiger partial charge is 0.352 e. The van der Waals surface area contributed by atoms with Gasteiger partial charge in [0.1, 0.15) is 12.6 Å². The van der Waals surface area contributed by atoms with Crippen molar-refractivity contribution in [3.8, 4) is 0 Å². The maximum absolute atomic E-state index is 14.2. The predicted octanol–water partition coefficient (Wildman–Crippen LogP) is 5.77. The summed E-state index contributed by atoms with van der Waals surface area (Å²) in [5.41, 5.74) is 2.66. The Kier molecular flexibility index (Phi) is 10.3. The SMILES string of the molecule is Cc1ccc(N(CC(=O)N(Cc2c(Cl)cccc2Cl)[C@H](Cc2ccccc2)C(=O)NC2CCCC2)S(C)(=O)=O)cc1. The van der Waals surface area contributed by atoms with E-state index in [1.165, 1.54) is 4.90 Å². The molecule has 0 saturated heterocycles. The van der Waals surface area contributed by atoms with E-state index in [1.807, 2.05) is 37.3 Å². The second-order valence-electron chi connectivity index (χ2n) is 10.5. The summed E-state index contributed by atoms with van der Waals surface area (Å²) in [6, 6.07) is 20.5. The lowest BCUT2D eigenvalue weighted by molar-refractivity contribution is -0.140. The zero-order valence-corrected chi connectivity index (χ0v) is 25.6. The highest BCUT2D eigenvalue weighted by Crippen LogP contribution is 2.28. The highest BCUT2D eigenvalue weighted by atomic mass is 35.5. The fraction of sp³-hybridized carbons (Fsp3) is 0.355. The van der Waals surface area contributed by atoms with Gasteiger partial charge in [0.2, 0.25) is 21.8 Å². The van der Waals surface area contributed by atoms with Crippen molar-refractivity contribution >= 4 is 50.7 Å². The number of sulfonamides is 1. The molecular formula is C31H35Cl2N3O4S. The van der Waals surface area contributed by atoms with Crippen molar-refractivity contribution in [2.75, 3.05) is 17.1 Å². The van der Waals surface area contributed by atoms with E-state index < -0.39 is 28.5 Å². The van der Waals surface area contributed by atoms with E-state index in [1.54, 1.807) is 42.5 Å². The van der Waals surface area contributed by atoms with Crippen LogP contribution in [0, 0.1) is 6.92 Å². The summed E-state index contributed by atoms with van der Waals surface area (Å²) < 4.78 is 26.9. The number of nitrogens with one attached hydrogen (secondary N) is 1. The molecule has 0 unspecified atom stereocenters. The molecule has 0 bridgehead atoms. The van der Waals surface area contributed by atoms with Gasteiger partial charge < -0.3 is 10.2 Å². The molecule has 1 fully saturated rings. The Morgan fingerprint density at radius 2 is 1.54 bits per heavy atom. The van der Waals surface area contributed by atoms with Crippen molar-refractivity contribution in [3.63, 3.8) is 0 Å². The molecule has 0 radical (unpaired) electrons. The third-order valence-corrected chi connectivity index (χ3v) is 9.21. The zero-order chi connectivity index (χ0) is 29.6. The van der Waals surface area contributed by atoms with Crippen LogP contribution in [0.3, 0.4) is 0 Å². The minimum atomic E-state index is -3.84.